The summed E-state index contributed by atoms with van der Waals surface area (Å²) in [5.74, 6) is -1.10. The van der Waals surface area contributed by atoms with Crippen molar-refractivity contribution >= 4 is 29.1 Å². The van der Waals surface area contributed by atoms with Crippen molar-refractivity contribution in [2.45, 2.75) is 32.7 Å². The summed E-state index contributed by atoms with van der Waals surface area (Å²) in [5.41, 5.74) is 1.87. The van der Waals surface area contributed by atoms with Gasteiger partial charge >= 0.3 is 0 Å². The first-order chi connectivity index (χ1) is 16.3. The third-order valence-electron chi connectivity index (χ3n) is 6.67. The molecule has 34 heavy (non-hydrogen) atoms. The van der Waals surface area contributed by atoms with Gasteiger partial charge in [-0.25, -0.2) is 9.37 Å². The Morgan fingerprint density at radius 2 is 1.74 bits per heavy atom. The van der Waals surface area contributed by atoms with E-state index in [2.05, 4.69) is 11.9 Å². The first kappa shape index (κ1) is 22.4. The molecular formula is C26H24FN3O3S. The number of aryl methyl sites for hydroxylation is 1. The zero-order valence-electron chi connectivity index (χ0n) is 19.0. The molecule has 1 saturated heterocycles. The third-order valence-corrected chi connectivity index (χ3v) is 7.69. The summed E-state index contributed by atoms with van der Waals surface area (Å²) in [6, 6.07) is 12.5. The molecule has 1 unspecified atom stereocenters. The van der Waals surface area contributed by atoms with Crippen molar-refractivity contribution in [2.75, 3.05) is 13.1 Å². The molecule has 3 heterocycles. The molecule has 2 atom stereocenters. The zero-order chi connectivity index (χ0) is 24.0. The summed E-state index contributed by atoms with van der Waals surface area (Å²) in [6.45, 7) is 4.56. The highest BCUT2D eigenvalue weighted by atomic mass is 32.1. The number of hydrogen-bond acceptors (Lipinski definition) is 5. The SMILES string of the molecule is Cc1nc(C(=O)N2CCC[C@@H](C)C2CN2C(=O)c3ccccc3C2=O)c(-c2ccc(F)cc2)s1. The Balaban J connectivity index is 1.45. The average Bonchev–Trinajstić information content (AvgIpc) is 3.34. The van der Waals surface area contributed by atoms with Gasteiger partial charge in [-0.05, 0) is 55.5 Å². The van der Waals surface area contributed by atoms with Crippen LogP contribution < -0.4 is 0 Å². The van der Waals surface area contributed by atoms with Crippen LogP contribution in [-0.4, -0.2) is 51.6 Å². The largest absolute Gasteiger partial charge is 0.332 e. The van der Waals surface area contributed by atoms with Gasteiger partial charge < -0.3 is 4.90 Å². The Morgan fingerprint density at radius 3 is 2.38 bits per heavy atom. The fourth-order valence-corrected chi connectivity index (χ4v) is 5.79. The molecule has 0 spiro atoms. The van der Waals surface area contributed by atoms with Crippen LogP contribution in [0.3, 0.4) is 0 Å². The molecule has 0 aliphatic carbocycles. The minimum absolute atomic E-state index is 0.107. The van der Waals surface area contributed by atoms with Crippen molar-refractivity contribution in [3.8, 4) is 10.4 Å². The van der Waals surface area contributed by atoms with Gasteiger partial charge in [0.15, 0.2) is 0 Å². The van der Waals surface area contributed by atoms with E-state index in [1.807, 2.05) is 6.92 Å². The Bertz CT molecular complexity index is 1250. The van der Waals surface area contributed by atoms with Gasteiger partial charge in [0.25, 0.3) is 17.7 Å². The molecule has 0 saturated carbocycles. The summed E-state index contributed by atoms with van der Waals surface area (Å²) < 4.78 is 13.5. The van der Waals surface area contributed by atoms with Gasteiger partial charge in [0, 0.05) is 6.54 Å². The predicted molar refractivity (Wildman–Crippen MR) is 127 cm³/mol. The van der Waals surface area contributed by atoms with Gasteiger partial charge in [-0.1, -0.05) is 31.2 Å². The molecule has 3 amide bonds. The van der Waals surface area contributed by atoms with Crippen LogP contribution in [0.1, 0.15) is 56.0 Å². The number of thiazole rings is 1. The number of carbonyl (C=O) groups is 3. The Labute approximate surface area is 201 Å². The lowest BCUT2D eigenvalue weighted by molar-refractivity contribution is 0.0366. The molecule has 1 aromatic heterocycles. The van der Waals surface area contributed by atoms with E-state index in [4.69, 9.17) is 0 Å². The highest BCUT2D eigenvalue weighted by molar-refractivity contribution is 7.15. The van der Waals surface area contributed by atoms with Gasteiger partial charge in [0.05, 0.1) is 33.6 Å². The van der Waals surface area contributed by atoms with E-state index in [1.165, 1.54) is 28.4 Å². The molecule has 8 heteroatoms. The number of imide groups is 1. The number of hydrogen-bond donors (Lipinski definition) is 0. The Morgan fingerprint density at radius 1 is 1.09 bits per heavy atom. The lowest BCUT2D eigenvalue weighted by Crippen LogP contribution is -2.54. The smallest absolute Gasteiger partial charge is 0.274 e. The lowest BCUT2D eigenvalue weighted by atomic mass is 9.90. The molecular weight excluding hydrogens is 453 g/mol. The van der Waals surface area contributed by atoms with E-state index in [9.17, 15) is 18.8 Å². The van der Waals surface area contributed by atoms with E-state index >= 15 is 0 Å². The van der Waals surface area contributed by atoms with Crippen LogP contribution in [0.15, 0.2) is 48.5 Å². The van der Waals surface area contributed by atoms with Gasteiger partial charge in [-0.3, -0.25) is 19.3 Å². The number of piperidine rings is 1. The van der Waals surface area contributed by atoms with Crippen LogP contribution >= 0.6 is 11.3 Å². The summed E-state index contributed by atoms with van der Waals surface area (Å²) in [6.07, 6.45) is 1.74. The van der Waals surface area contributed by atoms with Crippen LogP contribution in [0.25, 0.3) is 10.4 Å². The Hall–Kier alpha value is -3.39. The van der Waals surface area contributed by atoms with Crippen molar-refractivity contribution in [2.24, 2.45) is 5.92 Å². The maximum Gasteiger partial charge on any atom is 0.274 e. The summed E-state index contributed by atoms with van der Waals surface area (Å²) in [7, 11) is 0. The molecule has 1 fully saturated rings. The molecule has 0 bridgehead atoms. The van der Waals surface area contributed by atoms with E-state index in [0.29, 0.717) is 28.2 Å². The van der Waals surface area contributed by atoms with Crippen molar-refractivity contribution in [1.82, 2.24) is 14.8 Å². The van der Waals surface area contributed by atoms with Gasteiger partial charge in [-0.2, -0.15) is 0 Å². The van der Waals surface area contributed by atoms with Gasteiger partial charge in [0.2, 0.25) is 0 Å². The molecule has 5 rings (SSSR count). The quantitative estimate of drug-likeness (QED) is 0.507. The van der Waals surface area contributed by atoms with E-state index < -0.39 is 0 Å². The van der Waals surface area contributed by atoms with Crippen LogP contribution in [0.2, 0.25) is 0 Å². The fraction of sp³-hybridized carbons (Fsp3) is 0.308. The van der Waals surface area contributed by atoms with Gasteiger partial charge in [-0.15, -0.1) is 11.3 Å². The van der Waals surface area contributed by atoms with Crippen LogP contribution in [0.5, 0.6) is 0 Å². The second-order valence-corrected chi connectivity index (χ2v) is 10.1. The molecule has 0 N–H and O–H groups in total. The van der Waals surface area contributed by atoms with Crippen molar-refractivity contribution in [1.29, 1.82) is 0 Å². The van der Waals surface area contributed by atoms with Crippen LogP contribution in [0, 0.1) is 18.7 Å². The molecule has 6 nitrogen and oxygen atoms in total. The number of aromatic nitrogens is 1. The minimum Gasteiger partial charge on any atom is -0.332 e. The van der Waals surface area contributed by atoms with Crippen molar-refractivity contribution in [3.63, 3.8) is 0 Å². The van der Waals surface area contributed by atoms with Gasteiger partial charge in [0.1, 0.15) is 11.5 Å². The maximum absolute atomic E-state index is 13.8. The number of fused-ring (bicyclic) bond motifs is 1. The summed E-state index contributed by atoms with van der Waals surface area (Å²) in [5, 5.41) is 0.740. The molecule has 3 aromatic rings. The van der Waals surface area contributed by atoms with Crippen LogP contribution in [-0.2, 0) is 0 Å². The number of amides is 3. The Kier molecular flexibility index (Phi) is 5.77. The topological polar surface area (TPSA) is 70.6 Å². The normalized spacial score (nSPS) is 20.1. The third kappa shape index (κ3) is 3.81. The second kappa shape index (κ2) is 8.76. The molecule has 0 radical (unpaired) electrons. The van der Waals surface area contributed by atoms with E-state index in [1.54, 1.807) is 41.3 Å². The number of rotatable bonds is 4. The maximum atomic E-state index is 13.8. The minimum atomic E-state index is -0.344. The summed E-state index contributed by atoms with van der Waals surface area (Å²) >= 11 is 1.39. The highest BCUT2D eigenvalue weighted by Crippen LogP contribution is 2.34. The van der Waals surface area contributed by atoms with Crippen molar-refractivity contribution in [3.05, 3.63) is 76.2 Å². The highest BCUT2D eigenvalue weighted by Gasteiger charge is 2.41. The van der Waals surface area contributed by atoms with E-state index in [-0.39, 0.29) is 42.0 Å². The molecule has 174 valence electrons. The number of likely N-dealkylation sites (tertiary alicyclic amines) is 1. The first-order valence-corrected chi connectivity index (χ1v) is 12.2. The summed E-state index contributed by atoms with van der Waals surface area (Å²) in [4.78, 5) is 48.0. The zero-order valence-corrected chi connectivity index (χ0v) is 19.8. The van der Waals surface area contributed by atoms with E-state index in [0.717, 1.165) is 23.4 Å². The average molecular weight is 478 g/mol. The van der Waals surface area contributed by atoms with Crippen molar-refractivity contribution < 1.29 is 18.8 Å². The first-order valence-electron chi connectivity index (χ1n) is 11.3. The fourth-order valence-electron chi connectivity index (χ4n) is 4.88. The lowest BCUT2D eigenvalue weighted by Gasteiger charge is -2.41. The number of halogens is 1. The predicted octanol–water partition coefficient (Wildman–Crippen LogP) is 4.79. The molecule has 2 aliphatic heterocycles. The standard InChI is InChI=1S/C26H24FN3O3S/c1-15-6-5-13-29(21(15)14-30-24(31)19-7-3-4-8-20(19)25(30)32)26(33)22-23(34-16(2)28-22)17-9-11-18(27)12-10-17/h3-4,7-12,15,21H,5-6,13-14H2,1-2H3/t15-,21?/m1/s1. The monoisotopic (exact) mass is 477 g/mol. The molecule has 2 aliphatic rings. The molecule has 2 aromatic carbocycles. The number of carbonyl (C=O) groups excluding carboxylic acids is 3. The number of nitrogens with zero attached hydrogens (tertiary/aromatic N) is 3. The van der Waals surface area contributed by atoms with Crippen LogP contribution in [0.4, 0.5) is 4.39 Å². The second-order valence-electron chi connectivity index (χ2n) is 8.87. The number of benzene rings is 2.